The Bertz CT molecular complexity index is 945. The van der Waals surface area contributed by atoms with Gasteiger partial charge in [-0.2, -0.15) is 0 Å². The summed E-state index contributed by atoms with van der Waals surface area (Å²) in [6, 6.07) is 16.6. The molecule has 0 unspecified atom stereocenters. The second-order valence-corrected chi connectivity index (χ2v) is 7.69. The fourth-order valence-electron chi connectivity index (χ4n) is 3.95. The highest BCUT2D eigenvalue weighted by atomic mass is 16.2. The molecule has 0 bridgehead atoms. The molecule has 1 fully saturated rings. The molecule has 0 saturated carbocycles. The van der Waals surface area contributed by atoms with Crippen molar-refractivity contribution in [1.82, 2.24) is 19.8 Å². The highest BCUT2D eigenvalue weighted by Gasteiger charge is 2.28. The van der Waals surface area contributed by atoms with Gasteiger partial charge in [-0.25, -0.2) is 0 Å². The minimum Gasteiger partial charge on any atom is -0.344 e. The Hall–Kier alpha value is -3.05. The van der Waals surface area contributed by atoms with E-state index in [0.29, 0.717) is 0 Å². The third-order valence-electron chi connectivity index (χ3n) is 5.51. The van der Waals surface area contributed by atoms with Gasteiger partial charge < -0.3 is 4.90 Å². The Morgan fingerprint density at radius 2 is 1.76 bits per heavy atom. The van der Waals surface area contributed by atoms with Crippen LogP contribution in [-0.4, -0.2) is 52.4 Å². The number of carbonyl (C=O) groups excluding carboxylic acids is 1. The lowest BCUT2D eigenvalue weighted by Crippen LogP contribution is -2.34. The Balaban J connectivity index is 1.52. The summed E-state index contributed by atoms with van der Waals surface area (Å²) < 4.78 is 0. The predicted molar refractivity (Wildman–Crippen MR) is 114 cm³/mol. The van der Waals surface area contributed by atoms with Crippen LogP contribution in [0, 0.1) is 5.92 Å². The number of hydrogen-bond donors (Lipinski definition) is 0. The van der Waals surface area contributed by atoms with Crippen LogP contribution in [0.15, 0.2) is 73.3 Å². The molecule has 1 aromatic carbocycles. The number of benzene rings is 1. The Labute approximate surface area is 172 Å². The van der Waals surface area contributed by atoms with Gasteiger partial charge >= 0.3 is 0 Å². The lowest BCUT2D eigenvalue weighted by Gasteiger charge is -2.23. The molecule has 3 heterocycles. The molecule has 5 heteroatoms. The van der Waals surface area contributed by atoms with Gasteiger partial charge in [0.15, 0.2) is 0 Å². The van der Waals surface area contributed by atoms with E-state index in [9.17, 15) is 4.79 Å². The molecule has 0 N–H and O–H groups in total. The summed E-state index contributed by atoms with van der Waals surface area (Å²) >= 11 is 0. The van der Waals surface area contributed by atoms with E-state index in [0.717, 1.165) is 43.7 Å². The Morgan fingerprint density at radius 3 is 2.55 bits per heavy atom. The smallest absolute Gasteiger partial charge is 0.227 e. The van der Waals surface area contributed by atoms with Crippen molar-refractivity contribution in [3.8, 4) is 11.1 Å². The van der Waals surface area contributed by atoms with Crippen molar-refractivity contribution in [2.75, 3.05) is 26.7 Å². The van der Waals surface area contributed by atoms with Crippen molar-refractivity contribution < 1.29 is 4.79 Å². The largest absolute Gasteiger partial charge is 0.344 e. The van der Waals surface area contributed by atoms with Crippen molar-refractivity contribution in [2.24, 2.45) is 5.92 Å². The maximum atomic E-state index is 13.0. The molecular formula is C24H26N4O. The number of carbonyl (C=O) groups is 1. The van der Waals surface area contributed by atoms with Gasteiger partial charge in [0.2, 0.25) is 5.91 Å². The normalized spacial score (nSPS) is 17.9. The third-order valence-corrected chi connectivity index (χ3v) is 5.51. The molecule has 148 valence electrons. The molecular weight excluding hydrogens is 360 g/mol. The zero-order chi connectivity index (χ0) is 20.1. The van der Waals surface area contributed by atoms with E-state index in [1.54, 1.807) is 6.20 Å². The van der Waals surface area contributed by atoms with Gasteiger partial charge in [0.25, 0.3) is 0 Å². The van der Waals surface area contributed by atoms with Gasteiger partial charge in [0, 0.05) is 58.0 Å². The minimum absolute atomic E-state index is 0.0492. The molecule has 0 spiro atoms. The van der Waals surface area contributed by atoms with Crippen molar-refractivity contribution in [1.29, 1.82) is 0 Å². The standard InChI is InChI=1S/C24H26N4O/c1-27-12-13-28(17-20-5-3-9-26-16-20)18-23(24(27)29)15-19-4-2-6-22(14-19)21-7-10-25-11-8-21/h2-11,14,16,23H,12-13,15,17-18H2,1H3/t23-/m0/s1. The maximum Gasteiger partial charge on any atom is 0.227 e. The zero-order valence-corrected chi connectivity index (χ0v) is 16.7. The average molecular weight is 386 g/mol. The molecule has 3 aromatic rings. The Kier molecular flexibility index (Phi) is 5.96. The molecule has 1 amide bonds. The maximum absolute atomic E-state index is 13.0. The van der Waals surface area contributed by atoms with E-state index < -0.39 is 0 Å². The highest BCUT2D eigenvalue weighted by Crippen LogP contribution is 2.23. The summed E-state index contributed by atoms with van der Waals surface area (Å²) in [7, 11) is 1.91. The van der Waals surface area contributed by atoms with E-state index in [1.165, 1.54) is 11.1 Å². The van der Waals surface area contributed by atoms with Gasteiger partial charge in [-0.05, 0) is 46.9 Å². The van der Waals surface area contributed by atoms with Crippen LogP contribution in [0.4, 0.5) is 0 Å². The van der Waals surface area contributed by atoms with Crippen LogP contribution in [0.25, 0.3) is 11.1 Å². The van der Waals surface area contributed by atoms with Gasteiger partial charge in [-0.3, -0.25) is 19.7 Å². The topological polar surface area (TPSA) is 49.3 Å². The van der Waals surface area contributed by atoms with Crippen molar-refractivity contribution in [3.63, 3.8) is 0 Å². The van der Waals surface area contributed by atoms with Crippen LogP contribution in [0.3, 0.4) is 0 Å². The number of hydrogen-bond acceptors (Lipinski definition) is 4. The summed E-state index contributed by atoms with van der Waals surface area (Å²) in [6.45, 7) is 3.22. The van der Waals surface area contributed by atoms with E-state index in [1.807, 2.05) is 48.7 Å². The van der Waals surface area contributed by atoms with Crippen LogP contribution < -0.4 is 0 Å². The molecule has 29 heavy (non-hydrogen) atoms. The van der Waals surface area contributed by atoms with Gasteiger partial charge in [0.1, 0.15) is 0 Å². The SMILES string of the molecule is CN1CCN(Cc2cccnc2)C[C@H](Cc2cccc(-c3ccncc3)c2)C1=O. The minimum atomic E-state index is -0.0492. The summed E-state index contributed by atoms with van der Waals surface area (Å²) in [6.07, 6.45) is 8.06. The van der Waals surface area contributed by atoms with Gasteiger partial charge in [0.05, 0.1) is 5.92 Å². The van der Waals surface area contributed by atoms with Crippen molar-refractivity contribution in [2.45, 2.75) is 13.0 Å². The van der Waals surface area contributed by atoms with Gasteiger partial charge in [-0.1, -0.05) is 30.3 Å². The quantitative estimate of drug-likeness (QED) is 0.675. The van der Waals surface area contributed by atoms with Crippen LogP contribution in [0.2, 0.25) is 0 Å². The van der Waals surface area contributed by atoms with Crippen LogP contribution in [0.5, 0.6) is 0 Å². The Morgan fingerprint density at radius 1 is 0.931 bits per heavy atom. The summed E-state index contributed by atoms with van der Waals surface area (Å²) in [4.78, 5) is 25.5. The first-order valence-corrected chi connectivity index (χ1v) is 10.0. The second-order valence-electron chi connectivity index (χ2n) is 7.69. The van der Waals surface area contributed by atoms with E-state index in [-0.39, 0.29) is 11.8 Å². The molecule has 0 radical (unpaired) electrons. The first-order valence-electron chi connectivity index (χ1n) is 10.0. The van der Waals surface area contributed by atoms with Gasteiger partial charge in [-0.15, -0.1) is 0 Å². The van der Waals surface area contributed by atoms with Crippen LogP contribution in [0.1, 0.15) is 11.1 Å². The number of rotatable bonds is 5. The number of pyridine rings is 2. The zero-order valence-electron chi connectivity index (χ0n) is 16.7. The molecule has 0 aliphatic carbocycles. The monoisotopic (exact) mass is 386 g/mol. The summed E-state index contributed by atoms with van der Waals surface area (Å²) in [5.41, 5.74) is 4.67. The third kappa shape index (κ3) is 4.87. The molecule has 1 atom stereocenters. The lowest BCUT2D eigenvalue weighted by molar-refractivity contribution is -0.133. The number of aromatic nitrogens is 2. The summed E-state index contributed by atoms with van der Waals surface area (Å²) in [5.74, 6) is 0.180. The molecule has 2 aromatic heterocycles. The fraction of sp³-hybridized carbons (Fsp3) is 0.292. The molecule has 1 aliphatic rings. The average Bonchev–Trinajstić information content (AvgIpc) is 2.89. The fourth-order valence-corrected chi connectivity index (χ4v) is 3.95. The predicted octanol–water partition coefficient (Wildman–Crippen LogP) is 3.28. The second kappa shape index (κ2) is 8.97. The first-order chi connectivity index (χ1) is 14.2. The molecule has 4 rings (SSSR count). The van der Waals surface area contributed by atoms with Crippen LogP contribution in [-0.2, 0) is 17.8 Å². The van der Waals surface area contributed by atoms with Crippen molar-refractivity contribution >= 4 is 5.91 Å². The van der Waals surface area contributed by atoms with Crippen LogP contribution >= 0.6 is 0 Å². The number of nitrogens with zero attached hydrogens (tertiary/aromatic N) is 4. The van der Waals surface area contributed by atoms with E-state index >= 15 is 0 Å². The summed E-state index contributed by atoms with van der Waals surface area (Å²) in [5, 5.41) is 0. The van der Waals surface area contributed by atoms with Crippen molar-refractivity contribution in [3.05, 3.63) is 84.4 Å². The van der Waals surface area contributed by atoms with E-state index in [4.69, 9.17) is 0 Å². The van der Waals surface area contributed by atoms with E-state index in [2.05, 4.69) is 45.2 Å². The lowest BCUT2D eigenvalue weighted by atomic mass is 9.95. The molecule has 1 saturated heterocycles. The number of amides is 1. The highest BCUT2D eigenvalue weighted by molar-refractivity contribution is 5.79. The molecule has 5 nitrogen and oxygen atoms in total. The number of likely N-dealkylation sites (N-methyl/N-ethyl adjacent to an activating group) is 1. The first kappa shape index (κ1) is 19.3. The molecule has 1 aliphatic heterocycles.